The molecule has 0 unspecified atom stereocenters. The van der Waals surface area contributed by atoms with Gasteiger partial charge in [-0.05, 0) is 22.9 Å². The third-order valence-electron chi connectivity index (χ3n) is 3.85. The molecule has 2 aromatic carbocycles. The largest absolute Gasteiger partial charge is 0.395 e. The van der Waals surface area contributed by atoms with Gasteiger partial charge in [0.1, 0.15) is 0 Å². The molecule has 1 amide bonds. The minimum Gasteiger partial charge on any atom is -0.395 e. The number of nitrogens with zero attached hydrogens (tertiary/aromatic N) is 2. The van der Waals surface area contributed by atoms with Crippen LogP contribution in [-0.2, 0) is 0 Å². The van der Waals surface area contributed by atoms with Gasteiger partial charge in [0.2, 0.25) is 0 Å². The Bertz CT molecular complexity index is 874. The molecule has 0 bridgehead atoms. The topological polar surface area (TPSA) is 53.4 Å². The lowest BCUT2D eigenvalue weighted by atomic mass is 10.00. The Morgan fingerprint density at radius 3 is 2.78 bits per heavy atom. The van der Waals surface area contributed by atoms with Crippen LogP contribution in [0.3, 0.4) is 0 Å². The molecule has 0 aliphatic rings. The van der Waals surface area contributed by atoms with Crippen molar-refractivity contribution >= 4 is 27.6 Å². The van der Waals surface area contributed by atoms with Crippen molar-refractivity contribution in [2.75, 3.05) is 19.7 Å². The Morgan fingerprint density at radius 2 is 2.00 bits per heavy atom. The number of aromatic nitrogens is 1. The quantitative estimate of drug-likeness (QED) is 0.582. The molecule has 0 saturated heterocycles. The van der Waals surface area contributed by atoms with Crippen LogP contribution in [0, 0.1) is 0 Å². The summed E-state index contributed by atoms with van der Waals surface area (Å²) in [7, 11) is 0. The maximum Gasteiger partial charge on any atom is 0.256 e. The Hall–Kier alpha value is -2.72. The van der Waals surface area contributed by atoms with E-state index < -0.39 is 0 Å². The highest BCUT2D eigenvalue weighted by Gasteiger charge is 2.19. The molecule has 0 saturated carbocycles. The fourth-order valence-electron chi connectivity index (χ4n) is 2.81. The zero-order valence-corrected chi connectivity index (χ0v) is 12.8. The molecular weight excluding hydrogens is 288 g/mol. The van der Waals surface area contributed by atoms with Gasteiger partial charge in [-0.1, -0.05) is 36.4 Å². The fraction of sp³-hybridized carbons (Fsp3) is 0.158. The van der Waals surface area contributed by atoms with Gasteiger partial charge in [0.15, 0.2) is 0 Å². The van der Waals surface area contributed by atoms with Crippen LogP contribution in [0.15, 0.2) is 61.3 Å². The van der Waals surface area contributed by atoms with Gasteiger partial charge in [0.25, 0.3) is 5.91 Å². The molecule has 1 N–H and O–H groups in total. The van der Waals surface area contributed by atoms with Gasteiger partial charge in [0, 0.05) is 24.7 Å². The van der Waals surface area contributed by atoms with Crippen LogP contribution >= 0.6 is 0 Å². The number of hydrogen-bond acceptors (Lipinski definition) is 3. The summed E-state index contributed by atoms with van der Waals surface area (Å²) in [5, 5.41) is 12.2. The number of benzene rings is 2. The highest BCUT2D eigenvalue weighted by molar-refractivity contribution is 6.15. The van der Waals surface area contributed by atoms with E-state index in [1.807, 2.05) is 42.5 Å². The molecule has 0 fully saturated rings. The van der Waals surface area contributed by atoms with E-state index in [1.54, 1.807) is 17.2 Å². The number of amides is 1. The smallest absolute Gasteiger partial charge is 0.256 e. The predicted octanol–water partition coefficient (Wildman–Crippen LogP) is 3.01. The molecule has 23 heavy (non-hydrogen) atoms. The average molecular weight is 306 g/mol. The summed E-state index contributed by atoms with van der Waals surface area (Å²) in [4.78, 5) is 18.9. The van der Waals surface area contributed by atoms with E-state index in [9.17, 15) is 9.90 Å². The molecule has 3 rings (SSSR count). The van der Waals surface area contributed by atoms with Crippen molar-refractivity contribution in [1.82, 2.24) is 9.88 Å². The van der Waals surface area contributed by atoms with E-state index >= 15 is 0 Å². The van der Waals surface area contributed by atoms with Crippen molar-refractivity contribution in [2.45, 2.75) is 0 Å². The highest BCUT2D eigenvalue weighted by atomic mass is 16.3. The van der Waals surface area contributed by atoms with Gasteiger partial charge in [0.05, 0.1) is 17.7 Å². The van der Waals surface area contributed by atoms with E-state index in [2.05, 4.69) is 11.6 Å². The second kappa shape index (κ2) is 6.58. The average Bonchev–Trinajstić information content (AvgIpc) is 2.60. The number of rotatable bonds is 5. The van der Waals surface area contributed by atoms with Crippen molar-refractivity contribution in [1.29, 1.82) is 0 Å². The first-order valence-electron chi connectivity index (χ1n) is 7.53. The maximum absolute atomic E-state index is 12.9. The molecule has 1 heterocycles. The van der Waals surface area contributed by atoms with Crippen LogP contribution < -0.4 is 0 Å². The third kappa shape index (κ3) is 2.81. The van der Waals surface area contributed by atoms with Gasteiger partial charge in [-0.15, -0.1) is 6.58 Å². The van der Waals surface area contributed by atoms with Crippen LogP contribution in [0.2, 0.25) is 0 Å². The molecular formula is C19H18N2O2. The molecule has 0 radical (unpaired) electrons. The monoisotopic (exact) mass is 306 g/mol. The molecule has 0 aliphatic carbocycles. The van der Waals surface area contributed by atoms with E-state index in [0.29, 0.717) is 17.6 Å². The van der Waals surface area contributed by atoms with Crippen LogP contribution in [0.1, 0.15) is 10.4 Å². The first-order chi connectivity index (χ1) is 11.3. The maximum atomic E-state index is 12.9. The summed E-state index contributed by atoms with van der Waals surface area (Å²) in [6, 6.07) is 13.7. The summed E-state index contributed by atoms with van der Waals surface area (Å²) >= 11 is 0. The van der Waals surface area contributed by atoms with Gasteiger partial charge in [-0.3, -0.25) is 9.78 Å². The molecule has 0 atom stereocenters. The van der Waals surface area contributed by atoms with Crippen LogP contribution in [0.5, 0.6) is 0 Å². The lowest BCUT2D eigenvalue weighted by molar-refractivity contribution is 0.0745. The fourth-order valence-corrected chi connectivity index (χ4v) is 2.81. The van der Waals surface area contributed by atoms with Gasteiger partial charge < -0.3 is 10.0 Å². The normalized spacial score (nSPS) is 10.8. The summed E-state index contributed by atoms with van der Waals surface area (Å²) < 4.78 is 0. The third-order valence-corrected chi connectivity index (χ3v) is 3.85. The van der Waals surface area contributed by atoms with Crippen LogP contribution in [-0.4, -0.2) is 40.6 Å². The number of aliphatic hydroxyl groups is 1. The molecule has 116 valence electrons. The first-order valence-corrected chi connectivity index (χ1v) is 7.53. The Balaban J connectivity index is 2.22. The SMILES string of the molecule is C=CCN(CCO)C(=O)c1cc2ccccc2c2cccnc12. The molecule has 4 nitrogen and oxygen atoms in total. The van der Waals surface area contributed by atoms with Crippen LogP contribution in [0.25, 0.3) is 21.7 Å². The minimum absolute atomic E-state index is 0.0848. The zero-order chi connectivity index (χ0) is 16.2. The Kier molecular flexibility index (Phi) is 4.35. The van der Waals surface area contributed by atoms with Crippen molar-refractivity contribution in [3.63, 3.8) is 0 Å². The second-order valence-corrected chi connectivity index (χ2v) is 5.31. The molecule has 1 aromatic heterocycles. The van der Waals surface area contributed by atoms with Crippen LogP contribution in [0.4, 0.5) is 0 Å². The number of carbonyl (C=O) groups excluding carboxylic acids is 1. The molecule has 3 aromatic rings. The van der Waals surface area contributed by atoms with E-state index in [0.717, 1.165) is 16.2 Å². The van der Waals surface area contributed by atoms with Crippen molar-refractivity contribution in [2.24, 2.45) is 0 Å². The Morgan fingerprint density at radius 1 is 1.22 bits per heavy atom. The number of pyridine rings is 1. The lowest BCUT2D eigenvalue weighted by Gasteiger charge is -2.21. The molecule has 0 aliphatic heterocycles. The summed E-state index contributed by atoms with van der Waals surface area (Å²) in [6.07, 6.45) is 3.35. The van der Waals surface area contributed by atoms with Gasteiger partial charge in [-0.25, -0.2) is 0 Å². The van der Waals surface area contributed by atoms with E-state index in [1.165, 1.54) is 0 Å². The van der Waals surface area contributed by atoms with Crippen molar-refractivity contribution in [3.05, 3.63) is 66.9 Å². The van der Waals surface area contributed by atoms with Crippen molar-refractivity contribution < 1.29 is 9.90 Å². The standard InChI is InChI=1S/C19H18N2O2/c1-2-10-21(11-12-22)19(23)17-13-14-6-3-4-7-15(14)16-8-5-9-20-18(16)17/h2-9,13,22H,1,10-12H2. The number of hydrogen-bond donors (Lipinski definition) is 1. The molecule has 0 spiro atoms. The molecule has 4 heteroatoms. The predicted molar refractivity (Wildman–Crippen MR) is 92.4 cm³/mol. The first kappa shape index (κ1) is 15.2. The van der Waals surface area contributed by atoms with E-state index in [4.69, 9.17) is 0 Å². The summed E-state index contributed by atoms with van der Waals surface area (Å²) in [6.45, 7) is 4.25. The summed E-state index contributed by atoms with van der Waals surface area (Å²) in [5.74, 6) is -0.145. The van der Waals surface area contributed by atoms with Gasteiger partial charge >= 0.3 is 0 Å². The minimum atomic E-state index is -0.145. The zero-order valence-electron chi connectivity index (χ0n) is 12.8. The lowest BCUT2D eigenvalue weighted by Crippen LogP contribution is -2.33. The summed E-state index contributed by atoms with van der Waals surface area (Å²) in [5.41, 5.74) is 1.23. The highest BCUT2D eigenvalue weighted by Crippen LogP contribution is 2.28. The second-order valence-electron chi connectivity index (χ2n) is 5.31. The number of aliphatic hydroxyl groups excluding tert-OH is 1. The van der Waals surface area contributed by atoms with E-state index in [-0.39, 0.29) is 19.1 Å². The van der Waals surface area contributed by atoms with Crippen molar-refractivity contribution in [3.8, 4) is 0 Å². The number of carbonyl (C=O) groups is 1. The Labute approximate surface area is 134 Å². The van der Waals surface area contributed by atoms with Gasteiger partial charge in [-0.2, -0.15) is 0 Å². The number of fused-ring (bicyclic) bond motifs is 3.